The van der Waals surface area contributed by atoms with Gasteiger partial charge in [0.1, 0.15) is 5.82 Å². The van der Waals surface area contributed by atoms with Crippen LogP contribution >= 0.6 is 0 Å². The number of fused-ring (bicyclic) bond motifs is 1. The van der Waals surface area contributed by atoms with Crippen LogP contribution in [-0.2, 0) is 13.0 Å². The fourth-order valence-electron chi connectivity index (χ4n) is 3.33. The summed E-state index contributed by atoms with van der Waals surface area (Å²) in [5, 5.41) is 11.5. The number of amides is 1. The van der Waals surface area contributed by atoms with Gasteiger partial charge in [-0.05, 0) is 42.7 Å². The lowest BCUT2D eigenvalue weighted by atomic mass is 10.1. The fraction of sp³-hybridized carbons (Fsp3) is 0.190. The number of para-hydroxylation sites is 1. The Balaban J connectivity index is 1.47. The van der Waals surface area contributed by atoms with Crippen molar-refractivity contribution in [1.29, 1.82) is 0 Å². The van der Waals surface area contributed by atoms with Crippen LogP contribution in [-0.4, -0.2) is 22.1 Å². The molecule has 3 aromatic rings. The molecular weight excluding hydrogens is 324 g/mol. The Morgan fingerprint density at radius 2 is 1.81 bits per heavy atom. The molecule has 0 radical (unpaired) electrons. The number of aromatic nitrogens is 2. The molecule has 0 aliphatic carbocycles. The normalized spacial score (nSPS) is 15.6. The van der Waals surface area contributed by atoms with E-state index in [1.807, 2.05) is 53.4 Å². The van der Waals surface area contributed by atoms with Gasteiger partial charge in [-0.1, -0.05) is 48.5 Å². The van der Waals surface area contributed by atoms with Gasteiger partial charge in [0, 0.05) is 18.3 Å². The molecule has 1 amide bonds. The zero-order valence-electron chi connectivity index (χ0n) is 14.6. The van der Waals surface area contributed by atoms with Crippen molar-refractivity contribution in [3.05, 3.63) is 83.6 Å². The zero-order valence-corrected chi connectivity index (χ0v) is 14.6. The highest BCUT2D eigenvalue weighted by Gasteiger charge is 2.31. The van der Waals surface area contributed by atoms with Crippen LogP contribution < -0.4 is 10.2 Å². The Labute approximate surface area is 152 Å². The molecule has 4 rings (SSSR count). The highest BCUT2D eigenvalue weighted by atomic mass is 16.2. The third-order valence-corrected chi connectivity index (χ3v) is 4.63. The summed E-state index contributed by atoms with van der Waals surface area (Å²) in [5.74, 6) is 0.546. The summed E-state index contributed by atoms with van der Waals surface area (Å²) in [6, 6.07) is 21.8. The number of nitrogens with zero attached hydrogens (tertiary/aromatic N) is 3. The average molecular weight is 344 g/mol. The van der Waals surface area contributed by atoms with E-state index in [1.54, 1.807) is 12.1 Å². The summed E-state index contributed by atoms with van der Waals surface area (Å²) in [7, 11) is 0. The second-order valence-corrected chi connectivity index (χ2v) is 6.50. The molecule has 2 aromatic carbocycles. The maximum Gasteiger partial charge on any atom is 0.279 e. The standard InChI is InChI=1S/C21H20N4O/c1-15-13-17-9-5-6-10-19(17)25(15)21(26)18-11-12-20(24-23-18)22-14-16-7-3-2-4-8-16/h2-12,15H,13-14H2,1H3,(H,22,24). The van der Waals surface area contributed by atoms with Crippen LogP contribution in [0.4, 0.5) is 11.5 Å². The topological polar surface area (TPSA) is 58.1 Å². The van der Waals surface area contributed by atoms with Crippen molar-refractivity contribution < 1.29 is 4.79 Å². The largest absolute Gasteiger partial charge is 0.365 e. The molecule has 1 aromatic heterocycles. The molecule has 1 atom stereocenters. The Bertz CT molecular complexity index is 909. The number of carbonyl (C=O) groups excluding carboxylic acids is 1. The SMILES string of the molecule is CC1Cc2ccccc2N1C(=O)c1ccc(NCc2ccccc2)nn1. The fourth-order valence-corrected chi connectivity index (χ4v) is 3.33. The van der Waals surface area contributed by atoms with Crippen LogP contribution in [0.5, 0.6) is 0 Å². The predicted molar refractivity (Wildman–Crippen MR) is 102 cm³/mol. The minimum Gasteiger partial charge on any atom is -0.365 e. The first-order valence-corrected chi connectivity index (χ1v) is 8.75. The molecule has 0 fully saturated rings. The van der Waals surface area contributed by atoms with E-state index < -0.39 is 0 Å². The summed E-state index contributed by atoms with van der Waals surface area (Å²) >= 11 is 0. The molecule has 1 unspecified atom stereocenters. The van der Waals surface area contributed by atoms with Crippen LogP contribution in [0.2, 0.25) is 0 Å². The number of hydrogen-bond acceptors (Lipinski definition) is 4. The molecule has 0 saturated carbocycles. The van der Waals surface area contributed by atoms with E-state index in [0.717, 1.165) is 17.7 Å². The maximum atomic E-state index is 12.9. The third kappa shape index (κ3) is 3.16. The van der Waals surface area contributed by atoms with Gasteiger partial charge in [0.05, 0.1) is 0 Å². The number of nitrogens with one attached hydrogen (secondary N) is 1. The smallest absolute Gasteiger partial charge is 0.279 e. The Kier molecular flexibility index (Phi) is 4.35. The summed E-state index contributed by atoms with van der Waals surface area (Å²) < 4.78 is 0. The predicted octanol–water partition coefficient (Wildman–Crippen LogP) is 3.68. The van der Waals surface area contributed by atoms with E-state index in [2.05, 4.69) is 28.5 Å². The molecular formula is C21H20N4O. The zero-order chi connectivity index (χ0) is 17.9. The van der Waals surface area contributed by atoms with E-state index in [9.17, 15) is 4.79 Å². The number of benzene rings is 2. The van der Waals surface area contributed by atoms with Crippen molar-refractivity contribution in [2.45, 2.75) is 25.9 Å². The maximum absolute atomic E-state index is 12.9. The number of carbonyl (C=O) groups is 1. The molecule has 0 saturated heterocycles. The summed E-state index contributed by atoms with van der Waals surface area (Å²) in [6.07, 6.45) is 0.867. The molecule has 26 heavy (non-hydrogen) atoms. The summed E-state index contributed by atoms with van der Waals surface area (Å²) in [4.78, 5) is 14.7. The molecule has 0 spiro atoms. The molecule has 0 bridgehead atoms. The van der Waals surface area contributed by atoms with Gasteiger partial charge in [-0.15, -0.1) is 10.2 Å². The van der Waals surface area contributed by atoms with Crippen molar-refractivity contribution in [1.82, 2.24) is 10.2 Å². The van der Waals surface area contributed by atoms with Crippen molar-refractivity contribution in [2.24, 2.45) is 0 Å². The highest BCUT2D eigenvalue weighted by molar-refractivity contribution is 6.06. The van der Waals surface area contributed by atoms with E-state index >= 15 is 0 Å². The molecule has 5 nitrogen and oxygen atoms in total. The first-order chi connectivity index (χ1) is 12.7. The van der Waals surface area contributed by atoms with Crippen LogP contribution in [0.1, 0.15) is 28.5 Å². The second-order valence-electron chi connectivity index (χ2n) is 6.50. The Hall–Kier alpha value is -3.21. The minimum atomic E-state index is -0.107. The number of hydrogen-bond donors (Lipinski definition) is 1. The van der Waals surface area contributed by atoms with Gasteiger partial charge in [-0.3, -0.25) is 4.79 Å². The van der Waals surface area contributed by atoms with E-state index in [0.29, 0.717) is 18.1 Å². The molecule has 2 heterocycles. The van der Waals surface area contributed by atoms with Crippen LogP contribution in [0, 0.1) is 0 Å². The molecule has 1 N–H and O–H groups in total. The van der Waals surface area contributed by atoms with Gasteiger partial charge in [0.15, 0.2) is 5.69 Å². The molecule has 1 aliphatic heterocycles. The van der Waals surface area contributed by atoms with Crippen LogP contribution in [0.15, 0.2) is 66.7 Å². The van der Waals surface area contributed by atoms with Crippen LogP contribution in [0.25, 0.3) is 0 Å². The quantitative estimate of drug-likeness (QED) is 0.784. The van der Waals surface area contributed by atoms with E-state index in [1.165, 1.54) is 5.56 Å². The number of anilines is 2. The number of rotatable bonds is 4. The second kappa shape index (κ2) is 6.96. The lowest BCUT2D eigenvalue weighted by Gasteiger charge is -2.22. The van der Waals surface area contributed by atoms with Crippen molar-refractivity contribution in [2.75, 3.05) is 10.2 Å². The first-order valence-electron chi connectivity index (χ1n) is 8.75. The third-order valence-electron chi connectivity index (χ3n) is 4.63. The van der Waals surface area contributed by atoms with E-state index in [4.69, 9.17) is 0 Å². The van der Waals surface area contributed by atoms with Gasteiger partial charge in [-0.25, -0.2) is 0 Å². The van der Waals surface area contributed by atoms with Gasteiger partial charge in [0.25, 0.3) is 5.91 Å². The molecule has 5 heteroatoms. The molecule has 130 valence electrons. The summed E-state index contributed by atoms with van der Waals surface area (Å²) in [6.45, 7) is 2.72. The van der Waals surface area contributed by atoms with Gasteiger partial charge in [-0.2, -0.15) is 0 Å². The minimum absolute atomic E-state index is 0.107. The van der Waals surface area contributed by atoms with Crippen molar-refractivity contribution in [3.63, 3.8) is 0 Å². The Morgan fingerprint density at radius 3 is 2.58 bits per heavy atom. The lowest BCUT2D eigenvalue weighted by molar-refractivity contribution is 0.0975. The van der Waals surface area contributed by atoms with Gasteiger partial charge in [0.2, 0.25) is 0 Å². The highest BCUT2D eigenvalue weighted by Crippen LogP contribution is 2.32. The molecule has 1 aliphatic rings. The summed E-state index contributed by atoms with van der Waals surface area (Å²) in [5.41, 5.74) is 3.69. The first kappa shape index (κ1) is 16.3. The van der Waals surface area contributed by atoms with Gasteiger partial charge >= 0.3 is 0 Å². The van der Waals surface area contributed by atoms with Crippen molar-refractivity contribution >= 4 is 17.4 Å². The monoisotopic (exact) mass is 344 g/mol. The van der Waals surface area contributed by atoms with Gasteiger partial charge < -0.3 is 10.2 Å². The van der Waals surface area contributed by atoms with E-state index in [-0.39, 0.29) is 11.9 Å². The Morgan fingerprint density at radius 1 is 1.04 bits per heavy atom. The lowest BCUT2D eigenvalue weighted by Crippen LogP contribution is -2.36. The van der Waals surface area contributed by atoms with Crippen LogP contribution in [0.3, 0.4) is 0 Å². The van der Waals surface area contributed by atoms with Crippen molar-refractivity contribution in [3.8, 4) is 0 Å². The average Bonchev–Trinajstić information content (AvgIpc) is 3.03.